The molecule has 0 spiro atoms. The maximum Gasteiger partial charge on any atom is 0.310 e. The molecule has 1 aliphatic heterocycles. The van der Waals surface area contributed by atoms with Crippen LogP contribution in [0.3, 0.4) is 0 Å². The van der Waals surface area contributed by atoms with Gasteiger partial charge in [-0.15, -0.1) is 24.0 Å². The summed E-state index contributed by atoms with van der Waals surface area (Å²) in [6, 6.07) is 11.7. The molecule has 9 nitrogen and oxygen atoms in total. The van der Waals surface area contributed by atoms with Crippen LogP contribution in [0.2, 0.25) is 0 Å². The number of halogens is 1. The largest absolute Gasteiger partial charge is 0.469 e. The van der Waals surface area contributed by atoms with E-state index in [1.165, 1.54) is 7.11 Å². The third kappa shape index (κ3) is 6.16. The van der Waals surface area contributed by atoms with Crippen LogP contribution in [0.4, 0.5) is 5.82 Å². The SMILES string of the molecule is CCNC(=NCCCc1nn(-c2ccccc2)c(N)c1C#N)N1CC(C)C(C(=O)OC)C1.I. The highest BCUT2D eigenvalue weighted by Gasteiger charge is 2.36. The average Bonchev–Trinajstić information content (AvgIpc) is 3.35. The van der Waals surface area contributed by atoms with Crippen LogP contribution in [-0.4, -0.2) is 59.9 Å². The Morgan fingerprint density at radius 3 is 2.73 bits per heavy atom. The van der Waals surface area contributed by atoms with Crippen LogP contribution in [0, 0.1) is 23.2 Å². The van der Waals surface area contributed by atoms with Gasteiger partial charge in [-0.05, 0) is 37.8 Å². The smallest absolute Gasteiger partial charge is 0.310 e. The maximum atomic E-state index is 12.0. The number of benzene rings is 1. The predicted octanol–water partition coefficient (Wildman–Crippen LogP) is 2.58. The zero-order chi connectivity index (χ0) is 23.1. The van der Waals surface area contributed by atoms with Crippen molar-refractivity contribution in [2.24, 2.45) is 16.8 Å². The minimum Gasteiger partial charge on any atom is -0.469 e. The number of anilines is 1. The van der Waals surface area contributed by atoms with Crippen LogP contribution in [0.25, 0.3) is 5.69 Å². The number of nitriles is 1. The number of aromatic nitrogens is 2. The summed E-state index contributed by atoms with van der Waals surface area (Å²) >= 11 is 0. The van der Waals surface area contributed by atoms with E-state index in [4.69, 9.17) is 15.5 Å². The van der Waals surface area contributed by atoms with E-state index in [0.717, 1.165) is 31.2 Å². The average molecular weight is 565 g/mol. The number of para-hydroxylation sites is 1. The zero-order valence-corrected chi connectivity index (χ0v) is 21.7. The van der Waals surface area contributed by atoms with E-state index in [0.29, 0.717) is 36.6 Å². The number of rotatable bonds is 7. The van der Waals surface area contributed by atoms with Crippen LogP contribution in [0.1, 0.15) is 31.5 Å². The minimum absolute atomic E-state index is 0. The summed E-state index contributed by atoms with van der Waals surface area (Å²) in [5, 5.41) is 17.5. The van der Waals surface area contributed by atoms with E-state index >= 15 is 0 Å². The van der Waals surface area contributed by atoms with E-state index in [1.807, 2.05) is 37.3 Å². The van der Waals surface area contributed by atoms with Crippen LogP contribution in [0.15, 0.2) is 35.3 Å². The van der Waals surface area contributed by atoms with Crippen molar-refractivity contribution in [1.29, 1.82) is 5.26 Å². The monoisotopic (exact) mass is 565 g/mol. The number of nitrogens with zero attached hydrogens (tertiary/aromatic N) is 5. The Labute approximate surface area is 212 Å². The third-order valence-electron chi connectivity index (χ3n) is 5.69. The minimum atomic E-state index is -0.175. The first-order valence-electron chi connectivity index (χ1n) is 10.9. The van der Waals surface area contributed by atoms with Crippen molar-refractivity contribution >= 4 is 41.7 Å². The fourth-order valence-electron chi connectivity index (χ4n) is 4.00. The van der Waals surface area contributed by atoms with Crippen LogP contribution >= 0.6 is 24.0 Å². The number of carbonyl (C=O) groups excluding carboxylic acids is 1. The normalized spacial score (nSPS) is 17.9. The molecule has 10 heteroatoms. The van der Waals surface area contributed by atoms with Gasteiger partial charge in [-0.2, -0.15) is 10.4 Å². The number of methoxy groups -OCH3 is 1. The van der Waals surface area contributed by atoms with Crippen molar-refractivity contribution in [3.63, 3.8) is 0 Å². The lowest BCUT2D eigenvalue weighted by molar-refractivity contribution is -0.145. The number of likely N-dealkylation sites (tertiary alicyclic amines) is 1. The molecule has 1 saturated heterocycles. The van der Waals surface area contributed by atoms with Crippen molar-refractivity contribution < 1.29 is 9.53 Å². The van der Waals surface area contributed by atoms with Gasteiger partial charge >= 0.3 is 5.97 Å². The van der Waals surface area contributed by atoms with Crippen molar-refractivity contribution in [1.82, 2.24) is 20.0 Å². The second-order valence-corrected chi connectivity index (χ2v) is 7.92. The third-order valence-corrected chi connectivity index (χ3v) is 5.69. The highest BCUT2D eigenvalue weighted by atomic mass is 127. The van der Waals surface area contributed by atoms with Crippen LogP contribution in [-0.2, 0) is 16.0 Å². The van der Waals surface area contributed by atoms with E-state index in [1.54, 1.807) is 4.68 Å². The first-order valence-corrected chi connectivity index (χ1v) is 10.9. The number of aryl methyl sites for hydroxylation is 1. The number of nitrogens with two attached hydrogens (primary N) is 1. The number of hydrogen-bond donors (Lipinski definition) is 2. The van der Waals surface area contributed by atoms with E-state index in [-0.39, 0.29) is 41.8 Å². The van der Waals surface area contributed by atoms with Crippen molar-refractivity contribution in [2.75, 3.05) is 39.0 Å². The molecule has 1 aliphatic rings. The molecule has 3 N–H and O–H groups in total. The lowest BCUT2D eigenvalue weighted by Crippen LogP contribution is -2.40. The Kier molecular flexibility index (Phi) is 9.96. The molecule has 2 atom stereocenters. The molecule has 1 aromatic carbocycles. The van der Waals surface area contributed by atoms with Crippen molar-refractivity contribution in [3.8, 4) is 11.8 Å². The molecule has 2 aromatic rings. The second-order valence-electron chi connectivity index (χ2n) is 7.92. The lowest BCUT2D eigenvalue weighted by atomic mass is 9.99. The van der Waals surface area contributed by atoms with Crippen LogP contribution < -0.4 is 11.1 Å². The van der Waals surface area contributed by atoms with Gasteiger partial charge in [0.1, 0.15) is 17.5 Å². The Bertz CT molecular complexity index is 1000. The molecule has 1 fully saturated rings. The van der Waals surface area contributed by atoms with E-state index < -0.39 is 0 Å². The molecule has 0 saturated carbocycles. The summed E-state index contributed by atoms with van der Waals surface area (Å²) in [5.74, 6) is 1.03. The molecule has 178 valence electrons. The lowest BCUT2D eigenvalue weighted by Gasteiger charge is -2.21. The van der Waals surface area contributed by atoms with Gasteiger partial charge in [0.15, 0.2) is 5.96 Å². The highest BCUT2D eigenvalue weighted by molar-refractivity contribution is 14.0. The van der Waals surface area contributed by atoms with Crippen molar-refractivity contribution in [2.45, 2.75) is 26.7 Å². The van der Waals surface area contributed by atoms with Gasteiger partial charge in [0.2, 0.25) is 0 Å². The van der Waals surface area contributed by atoms with Crippen molar-refractivity contribution in [3.05, 3.63) is 41.6 Å². The van der Waals surface area contributed by atoms with E-state index in [9.17, 15) is 10.1 Å². The van der Waals surface area contributed by atoms with E-state index in [2.05, 4.69) is 28.3 Å². The van der Waals surface area contributed by atoms with Gasteiger partial charge in [0.25, 0.3) is 0 Å². The van der Waals surface area contributed by atoms with Gasteiger partial charge < -0.3 is 20.7 Å². The first kappa shape index (κ1) is 26.4. The fourth-order valence-corrected chi connectivity index (χ4v) is 4.00. The maximum absolute atomic E-state index is 12.0. The molecular weight excluding hydrogens is 533 g/mol. The molecule has 0 amide bonds. The number of ether oxygens (including phenoxy) is 1. The summed E-state index contributed by atoms with van der Waals surface area (Å²) in [7, 11) is 1.43. The molecule has 3 rings (SSSR count). The van der Waals surface area contributed by atoms with Gasteiger partial charge in [-0.3, -0.25) is 9.79 Å². The first-order chi connectivity index (χ1) is 15.5. The summed E-state index contributed by atoms with van der Waals surface area (Å²) in [5.41, 5.74) is 8.09. The van der Waals surface area contributed by atoms with Gasteiger partial charge in [0, 0.05) is 26.2 Å². The molecule has 0 radical (unpaired) electrons. The fraction of sp³-hybridized carbons (Fsp3) is 0.478. The summed E-state index contributed by atoms with van der Waals surface area (Å²) in [6.07, 6.45) is 1.32. The molecule has 2 unspecified atom stereocenters. The van der Waals surface area contributed by atoms with Gasteiger partial charge in [-0.1, -0.05) is 25.1 Å². The Morgan fingerprint density at radius 1 is 1.36 bits per heavy atom. The molecular formula is C23H32IN7O2. The standard InChI is InChI=1S/C23H31N7O2.HI/c1-4-26-23(29-14-16(2)19(15-29)22(31)32-3)27-12-8-11-20-18(13-24)21(25)30(28-20)17-9-6-5-7-10-17;/h5-7,9-10,16,19H,4,8,11-12,14-15,25H2,1-3H3,(H,26,27);1H. The molecule has 2 heterocycles. The second kappa shape index (κ2) is 12.4. The number of aliphatic imine (C=N–C) groups is 1. The Hall–Kier alpha value is -2.81. The number of nitrogens with one attached hydrogen (secondary N) is 1. The van der Waals surface area contributed by atoms with Gasteiger partial charge in [-0.25, -0.2) is 4.68 Å². The molecule has 33 heavy (non-hydrogen) atoms. The number of esters is 1. The molecule has 0 bridgehead atoms. The number of hydrogen-bond acceptors (Lipinski definition) is 6. The summed E-state index contributed by atoms with van der Waals surface area (Å²) in [6.45, 7) is 6.73. The molecule has 0 aliphatic carbocycles. The molecule has 1 aromatic heterocycles. The Morgan fingerprint density at radius 2 is 2.09 bits per heavy atom. The number of guanidine groups is 1. The quantitative estimate of drug-likeness (QED) is 0.174. The van der Waals surface area contributed by atoms with Gasteiger partial charge in [0.05, 0.1) is 24.4 Å². The highest BCUT2D eigenvalue weighted by Crippen LogP contribution is 2.24. The zero-order valence-electron chi connectivity index (χ0n) is 19.3. The Balaban J connectivity index is 0.00000385. The topological polar surface area (TPSA) is 122 Å². The summed E-state index contributed by atoms with van der Waals surface area (Å²) < 4.78 is 6.55. The predicted molar refractivity (Wildman–Crippen MR) is 139 cm³/mol. The van der Waals surface area contributed by atoms with Crippen LogP contribution in [0.5, 0.6) is 0 Å². The number of nitrogen functional groups attached to an aromatic ring is 1. The summed E-state index contributed by atoms with van der Waals surface area (Å²) in [4.78, 5) is 18.9. The number of carbonyl (C=O) groups is 1.